The molecule has 1 fully saturated rings. The minimum Gasteiger partial charge on any atom is -0.478 e. The third kappa shape index (κ3) is 2.30. The van der Waals surface area contributed by atoms with Crippen LogP contribution in [0.3, 0.4) is 0 Å². The van der Waals surface area contributed by atoms with Crippen LogP contribution in [0.4, 0.5) is 11.4 Å². The van der Waals surface area contributed by atoms with Crippen molar-refractivity contribution in [3.63, 3.8) is 0 Å². The van der Waals surface area contributed by atoms with E-state index in [9.17, 15) is 9.59 Å². The Bertz CT molecular complexity index is 473. The molecule has 1 saturated heterocycles. The Morgan fingerprint density at radius 3 is 2.88 bits per heavy atom. The van der Waals surface area contributed by atoms with E-state index in [4.69, 9.17) is 10.8 Å². The number of benzene rings is 1. The van der Waals surface area contributed by atoms with Crippen LogP contribution in [-0.2, 0) is 4.79 Å². The molecular formula is C11H13N3O3. The molecule has 0 unspecified atom stereocenters. The zero-order chi connectivity index (χ0) is 12.4. The number of nitrogens with zero attached hydrogens (tertiary/aromatic N) is 1. The summed E-state index contributed by atoms with van der Waals surface area (Å²) in [5.41, 5.74) is 6.61. The SMILES string of the molecule is Nc1ccc(N2CCNC(=O)C2)c(C(=O)O)c1. The summed E-state index contributed by atoms with van der Waals surface area (Å²) in [6.45, 7) is 1.28. The van der Waals surface area contributed by atoms with Crippen LogP contribution in [0.5, 0.6) is 0 Å². The smallest absolute Gasteiger partial charge is 0.337 e. The number of carbonyl (C=O) groups excluding carboxylic acids is 1. The number of hydrogen-bond acceptors (Lipinski definition) is 4. The fourth-order valence-electron chi connectivity index (χ4n) is 1.84. The Kier molecular flexibility index (Phi) is 2.86. The number of hydrogen-bond donors (Lipinski definition) is 3. The first-order chi connectivity index (χ1) is 8.08. The van der Waals surface area contributed by atoms with Gasteiger partial charge in [-0.15, -0.1) is 0 Å². The van der Waals surface area contributed by atoms with E-state index in [1.165, 1.54) is 6.07 Å². The van der Waals surface area contributed by atoms with E-state index in [0.717, 1.165) is 0 Å². The maximum Gasteiger partial charge on any atom is 0.337 e. The number of nitrogens with one attached hydrogen (secondary N) is 1. The van der Waals surface area contributed by atoms with Crippen molar-refractivity contribution in [3.05, 3.63) is 23.8 Å². The third-order valence-electron chi connectivity index (χ3n) is 2.63. The molecule has 0 aromatic heterocycles. The number of rotatable bonds is 2. The van der Waals surface area contributed by atoms with E-state index in [2.05, 4.69) is 5.32 Å². The molecule has 1 aliphatic rings. The van der Waals surface area contributed by atoms with Crippen molar-refractivity contribution >= 4 is 23.3 Å². The second-order valence-electron chi connectivity index (χ2n) is 3.85. The van der Waals surface area contributed by atoms with Gasteiger partial charge >= 0.3 is 5.97 Å². The van der Waals surface area contributed by atoms with Crippen LogP contribution in [0.15, 0.2) is 18.2 Å². The lowest BCUT2D eigenvalue weighted by Gasteiger charge is -2.29. The largest absolute Gasteiger partial charge is 0.478 e. The molecule has 1 amide bonds. The molecule has 1 aromatic rings. The number of piperazine rings is 1. The molecule has 6 nitrogen and oxygen atoms in total. The molecule has 0 atom stereocenters. The summed E-state index contributed by atoms with van der Waals surface area (Å²) in [4.78, 5) is 24.1. The maximum absolute atomic E-state index is 11.3. The molecule has 0 radical (unpaired) electrons. The monoisotopic (exact) mass is 235 g/mol. The van der Waals surface area contributed by atoms with Gasteiger partial charge in [0.1, 0.15) is 0 Å². The Labute approximate surface area is 98.0 Å². The van der Waals surface area contributed by atoms with Crippen LogP contribution < -0.4 is 16.0 Å². The molecule has 6 heteroatoms. The van der Waals surface area contributed by atoms with E-state index < -0.39 is 5.97 Å². The molecule has 17 heavy (non-hydrogen) atoms. The van der Waals surface area contributed by atoms with Gasteiger partial charge in [-0.05, 0) is 18.2 Å². The van der Waals surface area contributed by atoms with Gasteiger partial charge in [0.15, 0.2) is 0 Å². The molecule has 2 rings (SSSR count). The van der Waals surface area contributed by atoms with Gasteiger partial charge in [-0.3, -0.25) is 4.79 Å². The van der Waals surface area contributed by atoms with Gasteiger partial charge in [0.25, 0.3) is 0 Å². The molecule has 90 valence electrons. The summed E-state index contributed by atoms with van der Waals surface area (Å²) in [6, 6.07) is 4.68. The number of carbonyl (C=O) groups is 2. The number of amides is 1. The number of carboxylic acid groups (broad SMARTS) is 1. The van der Waals surface area contributed by atoms with E-state index in [-0.39, 0.29) is 18.0 Å². The van der Waals surface area contributed by atoms with Crippen molar-refractivity contribution in [3.8, 4) is 0 Å². The number of nitrogen functional groups attached to an aromatic ring is 1. The zero-order valence-corrected chi connectivity index (χ0v) is 9.14. The lowest BCUT2D eigenvalue weighted by atomic mass is 10.1. The fourth-order valence-corrected chi connectivity index (χ4v) is 1.84. The number of anilines is 2. The lowest BCUT2D eigenvalue weighted by molar-refractivity contribution is -0.120. The molecule has 1 aromatic carbocycles. The Morgan fingerprint density at radius 2 is 2.24 bits per heavy atom. The highest BCUT2D eigenvalue weighted by atomic mass is 16.4. The third-order valence-corrected chi connectivity index (χ3v) is 2.63. The van der Waals surface area contributed by atoms with Gasteiger partial charge < -0.3 is 21.1 Å². The van der Waals surface area contributed by atoms with Gasteiger partial charge in [-0.1, -0.05) is 0 Å². The average molecular weight is 235 g/mol. The summed E-state index contributed by atoms with van der Waals surface area (Å²) < 4.78 is 0. The first-order valence-electron chi connectivity index (χ1n) is 5.22. The predicted molar refractivity (Wildman–Crippen MR) is 63.0 cm³/mol. The predicted octanol–water partition coefficient (Wildman–Crippen LogP) is -0.0968. The Hall–Kier alpha value is -2.24. The number of aromatic carboxylic acids is 1. The molecule has 0 saturated carbocycles. The summed E-state index contributed by atoms with van der Waals surface area (Å²) in [5, 5.41) is 11.8. The Balaban J connectivity index is 2.37. The van der Waals surface area contributed by atoms with Crippen molar-refractivity contribution in [2.75, 3.05) is 30.3 Å². The highest BCUT2D eigenvalue weighted by Gasteiger charge is 2.21. The van der Waals surface area contributed by atoms with Crippen molar-refractivity contribution in [2.45, 2.75) is 0 Å². The first-order valence-corrected chi connectivity index (χ1v) is 5.22. The van der Waals surface area contributed by atoms with Crippen LogP contribution in [0.2, 0.25) is 0 Å². The molecule has 1 heterocycles. The molecule has 0 bridgehead atoms. The molecule has 1 aliphatic heterocycles. The molecule has 4 N–H and O–H groups in total. The lowest BCUT2D eigenvalue weighted by Crippen LogP contribution is -2.48. The quantitative estimate of drug-likeness (QED) is 0.622. The number of carboxylic acids is 1. The summed E-state index contributed by atoms with van der Waals surface area (Å²) in [7, 11) is 0. The van der Waals surface area contributed by atoms with E-state index in [1.54, 1.807) is 17.0 Å². The Morgan fingerprint density at radius 1 is 1.47 bits per heavy atom. The second-order valence-corrected chi connectivity index (χ2v) is 3.85. The highest BCUT2D eigenvalue weighted by molar-refractivity contribution is 5.96. The van der Waals surface area contributed by atoms with E-state index >= 15 is 0 Å². The normalized spacial score (nSPS) is 15.5. The van der Waals surface area contributed by atoms with Gasteiger partial charge in [-0.2, -0.15) is 0 Å². The minimum atomic E-state index is -1.04. The van der Waals surface area contributed by atoms with Gasteiger partial charge in [0, 0.05) is 18.8 Å². The van der Waals surface area contributed by atoms with Crippen molar-refractivity contribution in [2.24, 2.45) is 0 Å². The van der Waals surface area contributed by atoms with E-state index in [1.807, 2.05) is 0 Å². The molecule has 0 spiro atoms. The zero-order valence-electron chi connectivity index (χ0n) is 9.14. The summed E-state index contributed by atoms with van der Waals surface area (Å²) >= 11 is 0. The van der Waals surface area contributed by atoms with Crippen LogP contribution in [0, 0.1) is 0 Å². The average Bonchev–Trinajstić information content (AvgIpc) is 2.28. The fraction of sp³-hybridized carbons (Fsp3) is 0.273. The summed E-state index contributed by atoms with van der Waals surface area (Å²) in [5.74, 6) is -1.15. The van der Waals surface area contributed by atoms with Crippen LogP contribution >= 0.6 is 0 Å². The number of nitrogens with two attached hydrogens (primary N) is 1. The van der Waals surface area contributed by atoms with Crippen molar-refractivity contribution < 1.29 is 14.7 Å². The summed E-state index contributed by atoms with van der Waals surface area (Å²) in [6.07, 6.45) is 0. The van der Waals surface area contributed by atoms with Crippen LogP contribution in [0.1, 0.15) is 10.4 Å². The van der Waals surface area contributed by atoms with Gasteiger partial charge in [-0.25, -0.2) is 4.79 Å². The second kappa shape index (κ2) is 4.32. The van der Waals surface area contributed by atoms with Gasteiger partial charge in [0.2, 0.25) is 5.91 Å². The topological polar surface area (TPSA) is 95.7 Å². The van der Waals surface area contributed by atoms with Crippen molar-refractivity contribution in [1.29, 1.82) is 0 Å². The van der Waals surface area contributed by atoms with Crippen molar-refractivity contribution in [1.82, 2.24) is 5.32 Å². The maximum atomic E-state index is 11.3. The van der Waals surface area contributed by atoms with Crippen LogP contribution in [-0.4, -0.2) is 36.6 Å². The first kappa shape index (κ1) is 11.3. The minimum absolute atomic E-state index is 0.107. The van der Waals surface area contributed by atoms with Gasteiger partial charge in [0.05, 0.1) is 17.8 Å². The highest BCUT2D eigenvalue weighted by Crippen LogP contribution is 2.23. The molecule has 0 aliphatic carbocycles. The standard InChI is InChI=1S/C11H13N3O3/c12-7-1-2-9(8(5-7)11(16)17)14-4-3-13-10(15)6-14/h1-2,5H,3-4,6,12H2,(H,13,15)(H,16,17). The van der Waals surface area contributed by atoms with E-state index in [0.29, 0.717) is 24.5 Å². The molecular weight excluding hydrogens is 222 g/mol. The van der Waals surface area contributed by atoms with Crippen LogP contribution in [0.25, 0.3) is 0 Å².